The third-order valence-electron chi connectivity index (χ3n) is 6.18. The average Bonchev–Trinajstić information content (AvgIpc) is 3.70. The van der Waals surface area contributed by atoms with Crippen molar-refractivity contribution < 1.29 is 19.1 Å². The quantitative estimate of drug-likeness (QED) is 0.467. The van der Waals surface area contributed by atoms with Gasteiger partial charge in [0.25, 0.3) is 5.91 Å². The highest BCUT2D eigenvalue weighted by molar-refractivity contribution is 6.33. The average molecular weight is 478 g/mol. The molecule has 1 saturated carbocycles. The molecule has 34 heavy (non-hydrogen) atoms. The maximum atomic E-state index is 13.7. The lowest BCUT2D eigenvalue weighted by atomic mass is 10.1. The molecule has 1 aliphatic carbocycles. The molecule has 2 aromatic carbocycles. The van der Waals surface area contributed by atoms with Crippen molar-refractivity contribution in [3.8, 4) is 11.5 Å². The number of carbonyl (C=O) groups excluding carboxylic acids is 2. The molecule has 174 valence electrons. The number of hydrogen-bond acceptors (Lipinski definition) is 6. The van der Waals surface area contributed by atoms with E-state index in [1.807, 2.05) is 18.2 Å². The van der Waals surface area contributed by atoms with Crippen LogP contribution in [0.2, 0.25) is 5.02 Å². The van der Waals surface area contributed by atoms with Crippen LogP contribution < -0.4 is 14.5 Å². The molecule has 0 spiro atoms. The van der Waals surface area contributed by atoms with Gasteiger partial charge >= 0.3 is 5.97 Å². The van der Waals surface area contributed by atoms with E-state index in [1.165, 1.54) is 26.1 Å². The maximum Gasteiger partial charge on any atom is 0.339 e. The molecule has 1 aromatic heterocycles. The molecule has 0 N–H and O–H groups in total. The molecule has 0 saturated heterocycles. The smallest absolute Gasteiger partial charge is 0.339 e. The molecular weight excluding hydrogens is 454 g/mol. The Hall–Kier alpha value is -3.58. The van der Waals surface area contributed by atoms with Crippen LogP contribution in [0.1, 0.15) is 39.1 Å². The number of anilines is 2. The van der Waals surface area contributed by atoms with E-state index < -0.39 is 5.97 Å². The predicted molar refractivity (Wildman–Crippen MR) is 130 cm³/mol. The molecule has 1 amide bonds. The van der Waals surface area contributed by atoms with Gasteiger partial charge in [0.1, 0.15) is 17.1 Å². The Morgan fingerprint density at radius 2 is 1.79 bits per heavy atom. The lowest BCUT2D eigenvalue weighted by molar-refractivity contribution is 0.0600. The van der Waals surface area contributed by atoms with E-state index in [-0.39, 0.29) is 16.5 Å². The summed E-state index contributed by atoms with van der Waals surface area (Å²) in [5.41, 5.74) is 3.26. The van der Waals surface area contributed by atoms with Crippen molar-refractivity contribution in [2.45, 2.75) is 25.8 Å². The fourth-order valence-corrected chi connectivity index (χ4v) is 4.53. The lowest BCUT2D eigenvalue weighted by Crippen LogP contribution is -2.45. The standard InChI is InChI=1S/C26H24ClN3O4/c1-16-13-18(26(32)33-2)20(27)14-24(16)34-23-9-10-28-15-19(23)25(31)30-12-11-29(17-7-8-17)21-5-3-4-6-22(21)30/h3-6,9-10,13-15,17H,7-8,11-12H2,1-2H3. The van der Waals surface area contributed by atoms with Crippen molar-refractivity contribution in [2.75, 3.05) is 30.0 Å². The molecule has 0 atom stereocenters. The highest BCUT2D eigenvalue weighted by Gasteiger charge is 2.36. The Bertz CT molecular complexity index is 1270. The fraction of sp³-hybridized carbons (Fsp3) is 0.269. The first-order valence-electron chi connectivity index (χ1n) is 11.2. The van der Waals surface area contributed by atoms with E-state index in [0.29, 0.717) is 35.2 Å². The number of ether oxygens (including phenoxy) is 2. The van der Waals surface area contributed by atoms with Crippen molar-refractivity contribution in [1.29, 1.82) is 0 Å². The van der Waals surface area contributed by atoms with E-state index in [2.05, 4.69) is 16.0 Å². The van der Waals surface area contributed by atoms with Crippen LogP contribution in [-0.4, -0.2) is 43.1 Å². The third-order valence-corrected chi connectivity index (χ3v) is 6.49. The van der Waals surface area contributed by atoms with Gasteiger partial charge < -0.3 is 19.3 Å². The number of fused-ring (bicyclic) bond motifs is 1. The molecule has 0 bridgehead atoms. The number of para-hydroxylation sites is 2. The zero-order chi connectivity index (χ0) is 23.8. The molecule has 3 aromatic rings. The number of esters is 1. The van der Waals surface area contributed by atoms with Gasteiger partial charge in [0.2, 0.25) is 0 Å². The zero-order valence-electron chi connectivity index (χ0n) is 19.0. The van der Waals surface area contributed by atoms with Gasteiger partial charge in [-0.15, -0.1) is 0 Å². The first-order valence-corrected chi connectivity index (χ1v) is 11.5. The first-order chi connectivity index (χ1) is 16.5. The highest BCUT2D eigenvalue weighted by Crippen LogP contribution is 2.41. The van der Waals surface area contributed by atoms with E-state index in [1.54, 1.807) is 36.2 Å². The van der Waals surface area contributed by atoms with Gasteiger partial charge in [-0.2, -0.15) is 0 Å². The van der Waals surface area contributed by atoms with E-state index in [4.69, 9.17) is 21.1 Å². The number of nitrogens with zero attached hydrogens (tertiary/aromatic N) is 3. The third kappa shape index (κ3) is 4.07. The van der Waals surface area contributed by atoms with Crippen LogP contribution in [0.4, 0.5) is 11.4 Å². The Labute approximate surface area is 202 Å². The summed E-state index contributed by atoms with van der Waals surface area (Å²) in [5, 5.41) is 0.208. The number of hydrogen-bond donors (Lipinski definition) is 0. The SMILES string of the molecule is COC(=O)c1cc(C)c(Oc2ccncc2C(=O)N2CCN(C3CC3)c3ccccc32)cc1Cl. The molecule has 0 radical (unpaired) electrons. The Kier molecular flexibility index (Phi) is 5.87. The monoisotopic (exact) mass is 477 g/mol. The number of aryl methyl sites for hydroxylation is 1. The summed E-state index contributed by atoms with van der Waals surface area (Å²) in [7, 11) is 1.30. The van der Waals surface area contributed by atoms with Gasteiger partial charge in [0.15, 0.2) is 0 Å². The normalized spacial score (nSPS) is 15.0. The second-order valence-electron chi connectivity index (χ2n) is 8.43. The first kappa shape index (κ1) is 22.2. The van der Waals surface area contributed by atoms with Crippen LogP contribution in [0.25, 0.3) is 0 Å². The van der Waals surface area contributed by atoms with E-state index in [0.717, 1.165) is 17.9 Å². The fourth-order valence-electron chi connectivity index (χ4n) is 4.30. The van der Waals surface area contributed by atoms with Gasteiger partial charge in [0, 0.05) is 37.6 Å². The number of amides is 1. The predicted octanol–water partition coefficient (Wildman–Crippen LogP) is 5.25. The number of rotatable bonds is 5. The molecule has 1 aliphatic heterocycles. The number of halogens is 1. The van der Waals surface area contributed by atoms with Gasteiger partial charge in [0.05, 0.1) is 29.1 Å². The van der Waals surface area contributed by atoms with Crippen LogP contribution in [0, 0.1) is 6.92 Å². The summed E-state index contributed by atoms with van der Waals surface area (Å²) < 4.78 is 10.9. The van der Waals surface area contributed by atoms with Crippen LogP contribution in [0.15, 0.2) is 54.9 Å². The summed E-state index contributed by atoms with van der Waals surface area (Å²) in [6.07, 6.45) is 5.48. The van der Waals surface area contributed by atoms with Crippen LogP contribution in [0.3, 0.4) is 0 Å². The Morgan fingerprint density at radius 1 is 1.03 bits per heavy atom. The summed E-state index contributed by atoms with van der Waals surface area (Å²) in [5.74, 6) is 0.105. The van der Waals surface area contributed by atoms with E-state index in [9.17, 15) is 9.59 Å². The molecule has 7 nitrogen and oxygen atoms in total. The van der Waals surface area contributed by atoms with Gasteiger partial charge in [-0.05, 0) is 49.6 Å². The Balaban J connectivity index is 1.46. The summed E-state index contributed by atoms with van der Waals surface area (Å²) >= 11 is 6.29. The second kappa shape index (κ2) is 8.99. The van der Waals surface area contributed by atoms with E-state index >= 15 is 0 Å². The number of methoxy groups -OCH3 is 1. The van der Waals surface area contributed by atoms with Crippen LogP contribution in [0.5, 0.6) is 11.5 Å². The van der Waals surface area contributed by atoms with Gasteiger partial charge in [-0.3, -0.25) is 9.78 Å². The minimum Gasteiger partial charge on any atom is -0.465 e. The number of aromatic nitrogens is 1. The van der Waals surface area contributed by atoms with Crippen molar-refractivity contribution in [3.05, 3.63) is 76.6 Å². The van der Waals surface area contributed by atoms with Crippen LogP contribution in [-0.2, 0) is 4.74 Å². The number of pyridine rings is 1. The highest BCUT2D eigenvalue weighted by atomic mass is 35.5. The van der Waals surface area contributed by atoms with Crippen molar-refractivity contribution in [1.82, 2.24) is 4.98 Å². The molecule has 1 fully saturated rings. The van der Waals surface area contributed by atoms with Crippen molar-refractivity contribution in [3.63, 3.8) is 0 Å². The maximum absolute atomic E-state index is 13.7. The van der Waals surface area contributed by atoms with Crippen molar-refractivity contribution >= 4 is 34.9 Å². The van der Waals surface area contributed by atoms with Gasteiger partial charge in [-0.1, -0.05) is 23.7 Å². The molecule has 2 aliphatic rings. The molecule has 5 rings (SSSR count). The topological polar surface area (TPSA) is 72.0 Å². The number of carbonyl (C=O) groups is 2. The minimum absolute atomic E-state index is 0.180. The van der Waals surface area contributed by atoms with Crippen molar-refractivity contribution in [2.24, 2.45) is 0 Å². The molecule has 8 heteroatoms. The summed E-state index contributed by atoms with van der Waals surface area (Å²) in [6.45, 7) is 3.17. The zero-order valence-corrected chi connectivity index (χ0v) is 19.7. The summed E-state index contributed by atoms with van der Waals surface area (Å²) in [6, 6.07) is 13.4. The molecule has 0 unspecified atom stereocenters. The minimum atomic E-state index is -0.525. The lowest BCUT2D eigenvalue weighted by Gasteiger charge is -2.38. The van der Waals surface area contributed by atoms with Gasteiger partial charge in [-0.25, -0.2) is 4.79 Å². The molecular formula is C26H24ClN3O4. The number of benzene rings is 2. The summed E-state index contributed by atoms with van der Waals surface area (Å²) in [4.78, 5) is 34.0. The van der Waals surface area contributed by atoms with Crippen LogP contribution >= 0.6 is 11.6 Å². The Morgan fingerprint density at radius 3 is 2.53 bits per heavy atom. The largest absolute Gasteiger partial charge is 0.465 e. The second-order valence-corrected chi connectivity index (χ2v) is 8.84. The molecule has 2 heterocycles.